The lowest BCUT2D eigenvalue weighted by Crippen LogP contribution is -2.37. The Hall–Kier alpha value is -2.51. The molecule has 2 N–H and O–H groups in total. The molecule has 0 saturated heterocycles. The summed E-state index contributed by atoms with van der Waals surface area (Å²) in [5.41, 5.74) is -0.347. The van der Waals surface area contributed by atoms with E-state index in [1.807, 2.05) is 0 Å². The van der Waals surface area contributed by atoms with Crippen molar-refractivity contribution >= 4 is 17.8 Å². The van der Waals surface area contributed by atoms with Gasteiger partial charge >= 0.3 is 5.97 Å². The summed E-state index contributed by atoms with van der Waals surface area (Å²) in [5.74, 6) is -3.48. The molecular weight excluding hydrogens is 298 g/mol. The van der Waals surface area contributed by atoms with Crippen LogP contribution in [0.1, 0.15) is 23.2 Å². The predicted octanol–water partition coefficient (Wildman–Crippen LogP) is 0.764. The van der Waals surface area contributed by atoms with Crippen LogP contribution in [0, 0.1) is 11.6 Å². The van der Waals surface area contributed by atoms with E-state index in [1.165, 1.54) is 7.11 Å². The Bertz CT molecular complexity index is 564. The highest BCUT2D eigenvalue weighted by Crippen LogP contribution is 2.08. The molecule has 0 unspecified atom stereocenters. The lowest BCUT2D eigenvalue weighted by molar-refractivity contribution is -0.140. The minimum Gasteiger partial charge on any atom is -0.469 e. The molecule has 0 atom stereocenters. The van der Waals surface area contributed by atoms with E-state index in [9.17, 15) is 23.2 Å². The lowest BCUT2D eigenvalue weighted by atomic mass is 10.2. The summed E-state index contributed by atoms with van der Waals surface area (Å²) >= 11 is 0. The molecule has 0 saturated carbocycles. The number of carbonyl (C=O) groups is 3. The van der Waals surface area contributed by atoms with Gasteiger partial charge in [-0.15, -0.1) is 0 Å². The van der Waals surface area contributed by atoms with Gasteiger partial charge < -0.3 is 15.4 Å². The summed E-state index contributed by atoms with van der Waals surface area (Å²) in [7, 11) is 1.27. The van der Waals surface area contributed by atoms with Crippen molar-refractivity contribution in [2.45, 2.75) is 12.8 Å². The van der Waals surface area contributed by atoms with Gasteiger partial charge in [0.1, 0.15) is 11.6 Å². The molecule has 2 amide bonds. The zero-order valence-corrected chi connectivity index (χ0v) is 11.9. The number of rotatable bonds is 7. The number of benzene rings is 1. The Labute approximate surface area is 125 Å². The average molecular weight is 314 g/mol. The van der Waals surface area contributed by atoms with Crippen LogP contribution >= 0.6 is 0 Å². The fraction of sp³-hybridized carbons (Fsp3) is 0.357. The molecule has 8 heteroatoms. The number of carbonyl (C=O) groups excluding carboxylic acids is 3. The van der Waals surface area contributed by atoms with Gasteiger partial charge in [-0.05, 0) is 18.6 Å². The van der Waals surface area contributed by atoms with Crippen LogP contribution in [0.5, 0.6) is 0 Å². The number of nitrogens with one attached hydrogen (secondary N) is 2. The Balaban J connectivity index is 2.31. The zero-order valence-electron chi connectivity index (χ0n) is 11.9. The van der Waals surface area contributed by atoms with Gasteiger partial charge in [0.15, 0.2) is 0 Å². The Kier molecular flexibility index (Phi) is 6.94. The molecule has 0 aliphatic rings. The minimum atomic E-state index is -1.00. The van der Waals surface area contributed by atoms with Gasteiger partial charge in [0.25, 0.3) is 5.91 Å². The molecule has 0 aliphatic carbocycles. The molecule has 1 aromatic carbocycles. The largest absolute Gasteiger partial charge is 0.469 e. The standard InChI is InChI=1S/C14H16F2N2O4/c1-22-13(20)3-2-6-17-12(19)8-18-14(21)10-5-4-9(15)7-11(10)16/h4-5,7H,2-3,6,8H2,1H3,(H,17,19)(H,18,21). The van der Waals surface area contributed by atoms with E-state index in [4.69, 9.17) is 0 Å². The Morgan fingerprint density at radius 1 is 1.18 bits per heavy atom. The van der Waals surface area contributed by atoms with Gasteiger partial charge in [-0.25, -0.2) is 8.78 Å². The quantitative estimate of drug-likeness (QED) is 0.575. The van der Waals surface area contributed by atoms with Crippen molar-refractivity contribution in [1.29, 1.82) is 0 Å². The Morgan fingerprint density at radius 2 is 1.91 bits per heavy atom. The maximum absolute atomic E-state index is 13.3. The number of amides is 2. The molecule has 1 aromatic rings. The first-order valence-electron chi connectivity index (χ1n) is 6.50. The molecule has 0 spiro atoms. The van der Waals surface area contributed by atoms with Crippen molar-refractivity contribution < 1.29 is 27.9 Å². The van der Waals surface area contributed by atoms with Crippen LogP contribution in [0.4, 0.5) is 8.78 Å². The summed E-state index contributed by atoms with van der Waals surface area (Å²) < 4.78 is 30.5. The van der Waals surface area contributed by atoms with Crippen LogP contribution in [-0.2, 0) is 14.3 Å². The first-order valence-corrected chi connectivity index (χ1v) is 6.50. The Morgan fingerprint density at radius 3 is 2.55 bits per heavy atom. The summed E-state index contributed by atoms with van der Waals surface area (Å²) in [5, 5.41) is 4.69. The van der Waals surface area contributed by atoms with Gasteiger partial charge in [-0.2, -0.15) is 0 Å². The second-order valence-electron chi connectivity index (χ2n) is 4.34. The second kappa shape index (κ2) is 8.71. The highest BCUT2D eigenvalue weighted by molar-refractivity contribution is 5.96. The lowest BCUT2D eigenvalue weighted by Gasteiger charge is -2.07. The van der Waals surface area contributed by atoms with E-state index in [0.29, 0.717) is 12.5 Å². The molecule has 1 rings (SSSR count). The molecule has 0 heterocycles. The third-order valence-electron chi connectivity index (χ3n) is 2.69. The molecular formula is C14H16F2N2O4. The third kappa shape index (κ3) is 5.86. The molecule has 0 fully saturated rings. The topological polar surface area (TPSA) is 84.5 Å². The van der Waals surface area contributed by atoms with Crippen molar-refractivity contribution in [3.05, 3.63) is 35.4 Å². The smallest absolute Gasteiger partial charge is 0.305 e. The van der Waals surface area contributed by atoms with Crippen LogP contribution in [0.25, 0.3) is 0 Å². The normalized spacial score (nSPS) is 9.95. The maximum Gasteiger partial charge on any atom is 0.305 e. The van der Waals surface area contributed by atoms with Crippen molar-refractivity contribution in [3.63, 3.8) is 0 Å². The summed E-state index contributed by atoms with van der Waals surface area (Å²) in [6, 6.07) is 2.53. The average Bonchev–Trinajstić information content (AvgIpc) is 2.48. The van der Waals surface area contributed by atoms with Gasteiger partial charge in [0.05, 0.1) is 19.2 Å². The van der Waals surface area contributed by atoms with E-state index in [-0.39, 0.29) is 31.0 Å². The molecule has 0 bridgehead atoms. The number of esters is 1. The van der Waals surface area contributed by atoms with Crippen molar-refractivity contribution in [3.8, 4) is 0 Å². The second-order valence-corrected chi connectivity index (χ2v) is 4.34. The van der Waals surface area contributed by atoms with E-state index < -0.39 is 23.4 Å². The first-order chi connectivity index (χ1) is 10.4. The van der Waals surface area contributed by atoms with Crippen molar-refractivity contribution in [1.82, 2.24) is 10.6 Å². The molecule has 0 radical (unpaired) electrons. The highest BCUT2D eigenvalue weighted by Gasteiger charge is 2.13. The highest BCUT2D eigenvalue weighted by atomic mass is 19.1. The van der Waals surface area contributed by atoms with E-state index >= 15 is 0 Å². The number of hydrogen-bond acceptors (Lipinski definition) is 4. The van der Waals surface area contributed by atoms with Crippen LogP contribution in [-0.4, -0.2) is 38.0 Å². The summed E-state index contributed by atoms with van der Waals surface area (Å²) in [6.07, 6.45) is 0.572. The summed E-state index contributed by atoms with van der Waals surface area (Å²) in [4.78, 5) is 33.9. The van der Waals surface area contributed by atoms with Gasteiger partial charge in [0, 0.05) is 19.0 Å². The molecule has 6 nitrogen and oxygen atoms in total. The first kappa shape index (κ1) is 17.5. The summed E-state index contributed by atoms with van der Waals surface area (Å²) in [6.45, 7) is -0.109. The van der Waals surface area contributed by atoms with E-state index in [1.54, 1.807) is 0 Å². The van der Waals surface area contributed by atoms with Crippen molar-refractivity contribution in [2.75, 3.05) is 20.2 Å². The number of hydrogen-bond donors (Lipinski definition) is 2. The van der Waals surface area contributed by atoms with Gasteiger partial charge in [0.2, 0.25) is 5.91 Å². The van der Waals surface area contributed by atoms with Crippen LogP contribution < -0.4 is 10.6 Å². The SMILES string of the molecule is COC(=O)CCCNC(=O)CNC(=O)c1ccc(F)cc1F. The van der Waals surface area contributed by atoms with E-state index in [2.05, 4.69) is 15.4 Å². The van der Waals surface area contributed by atoms with Crippen LogP contribution in [0.2, 0.25) is 0 Å². The molecule has 22 heavy (non-hydrogen) atoms. The van der Waals surface area contributed by atoms with Gasteiger partial charge in [-0.1, -0.05) is 0 Å². The van der Waals surface area contributed by atoms with Gasteiger partial charge in [-0.3, -0.25) is 14.4 Å². The van der Waals surface area contributed by atoms with Crippen molar-refractivity contribution in [2.24, 2.45) is 0 Å². The molecule has 0 aliphatic heterocycles. The van der Waals surface area contributed by atoms with Crippen LogP contribution in [0.15, 0.2) is 18.2 Å². The maximum atomic E-state index is 13.3. The zero-order chi connectivity index (χ0) is 16.5. The fourth-order valence-electron chi connectivity index (χ4n) is 1.55. The molecule has 120 valence electrons. The predicted molar refractivity (Wildman–Crippen MR) is 73.0 cm³/mol. The fourth-order valence-corrected chi connectivity index (χ4v) is 1.55. The third-order valence-corrected chi connectivity index (χ3v) is 2.69. The van der Waals surface area contributed by atoms with Crippen LogP contribution in [0.3, 0.4) is 0 Å². The number of ether oxygens (including phenoxy) is 1. The monoisotopic (exact) mass is 314 g/mol. The number of methoxy groups -OCH3 is 1. The molecule has 0 aromatic heterocycles. The number of halogens is 2. The van der Waals surface area contributed by atoms with E-state index in [0.717, 1.165) is 12.1 Å². The minimum absolute atomic E-state index is 0.171.